The van der Waals surface area contributed by atoms with E-state index in [1.54, 1.807) is 19.9 Å². The van der Waals surface area contributed by atoms with Crippen molar-refractivity contribution in [1.29, 1.82) is 0 Å². The monoisotopic (exact) mass is 334 g/mol. The van der Waals surface area contributed by atoms with E-state index in [4.69, 9.17) is 9.47 Å². The number of esters is 1. The van der Waals surface area contributed by atoms with Crippen LogP contribution in [0.4, 0.5) is 10.1 Å². The molecule has 0 aliphatic rings. The molecule has 0 bridgehead atoms. The number of halogens is 2. The molecule has 1 rings (SSSR count). The number of carbonyl (C=O) groups excluding carboxylic acids is 1. The predicted octanol–water partition coefficient (Wildman–Crippen LogP) is 2.36. The molecule has 106 valence electrons. The van der Waals surface area contributed by atoms with E-state index in [2.05, 4.69) is 26.2 Å². The summed E-state index contributed by atoms with van der Waals surface area (Å²) in [7, 11) is 2.77. The molecular formula is C12H16BrFN2O3. The van der Waals surface area contributed by atoms with E-state index in [1.807, 2.05) is 0 Å². The van der Waals surface area contributed by atoms with Gasteiger partial charge in [0.25, 0.3) is 0 Å². The highest BCUT2D eigenvalue weighted by Crippen LogP contribution is 2.22. The zero-order valence-electron chi connectivity index (χ0n) is 11.2. The molecule has 1 unspecified atom stereocenters. The van der Waals surface area contributed by atoms with Gasteiger partial charge in [-0.15, -0.1) is 0 Å². The fourth-order valence-corrected chi connectivity index (χ4v) is 1.88. The van der Waals surface area contributed by atoms with Crippen molar-refractivity contribution in [2.75, 3.05) is 19.5 Å². The third-order valence-corrected chi connectivity index (χ3v) is 3.14. The highest BCUT2D eigenvalue weighted by atomic mass is 79.9. The predicted molar refractivity (Wildman–Crippen MR) is 72.4 cm³/mol. The molecule has 1 N–H and O–H groups in total. The zero-order valence-corrected chi connectivity index (χ0v) is 12.7. The van der Waals surface area contributed by atoms with Crippen LogP contribution in [0.25, 0.3) is 0 Å². The van der Waals surface area contributed by atoms with Gasteiger partial charge in [0.05, 0.1) is 12.7 Å². The third kappa shape index (κ3) is 4.14. The van der Waals surface area contributed by atoms with Gasteiger partial charge in [-0.1, -0.05) is 0 Å². The maximum atomic E-state index is 13.2. The Balaban J connectivity index is 3.04. The molecule has 0 saturated heterocycles. The van der Waals surface area contributed by atoms with E-state index < -0.39 is 23.6 Å². The zero-order chi connectivity index (χ0) is 14.6. The number of aromatic nitrogens is 1. The molecule has 0 aromatic carbocycles. The summed E-state index contributed by atoms with van der Waals surface area (Å²) in [6.07, 6.45) is 0. The van der Waals surface area contributed by atoms with Crippen LogP contribution < -0.4 is 5.32 Å². The van der Waals surface area contributed by atoms with Crippen LogP contribution >= 0.6 is 15.9 Å². The second-order valence-corrected chi connectivity index (χ2v) is 5.22. The van der Waals surface area contributed by atoms with Crippen LogP contribution in [0.1, 0.15) is 13.8 Å². The Morgan fingerprint density at radius 2 is 2.11 bits per heavy atom. The largest absolute Gasteiger partial charge is 0.467 e. The Morgan fingerprint density at radius 1 is 1.47 bits per heavy atom. The average Bonchev–Trinajstić information content (AvgIpc) is 2.33. The number of rotatable bonds is 5. The minimum atomic E-state index is -0.820. The van der Waals surface area contributed by atoms with Gasteiger partial charge in [-0.2, -0.15) is 4.39 Å². The van der Waals surface area contributed by atoms with Crippen molar-refractivity contribution in [3.63, 3.8) is 0 Å². The Hall–Kier alpha value is -1.21. The summed E-state index contributed by atoms with van der Waals surface area (Å²) in [6, 6.07) is 1.97. The van der Waals surface area contributed by atoms with Crippen LogP contribution in [0, 0.1) is 5.95 Å². The van der Waals surface area contributed by atoms with E-state index in [0.29, 0.717) is 10.3 Å². The Labute approximate surface area is 119 Å². The van der Waals surface area contributed by atoms with Crippen molar-refractivity contribution in [2.45, 2.75) is 25.5 Å². The van der Waals surface area contributed by atoms with E-state index in [9.17, 15) is 9.18 Å². The van der Waals surface area contributed by atoms with Crippen molar-refractivity contribution in [3.8, 4) is 0 Å². The van der Waals surface area contributed by atoms with Gasteiger partial charge in [-0.25, -0.2) is 9.78 Å². The van der Waals surface area contributed by atoms with Crippen LogP contribution in [-0.4, -0.2) is 36.8 Å². The molecule has 0 aliphatic carbocycles. The normalized spacial score (nSPS) is 12.9. The lowest BCUT2D eigenvalue weighted by atomic mass is 9.98. The number of carbonyl (C=O) groups is 1. The van der Waals surface area contributed by atoms with Crippen molar-refractivity contribution in [1.82, 2.24) is 4.98 Å². The maximum Gasteiger partial charge on any atom is 0.331 e. The fourth-order valence-electron chi connectivity index (χ4n) is 1.47. The first-order valence-corrected chi connectivity index (χ1v) is 6.32. The Bertz CT molecular complexity index is 448. The van der Waals surface area contributed by atoms with Crippen molar-refractivity contribution < 1.29 is 18.7 Å². The highest BCUT2D eigenvalue weighted by molar-refractivity contribution is 9.10. The van der Waals surface area contributed by atoms with Gasteiger partial charge in [0.2, 0.25) is 5.95 Å². The number of nitrogens with one attached hydrogen (secondary N) is 1. The molecular weight excluding hydrogens is 319 g/mol. The van der Waals surface area contributed by atoms with Gasteiger partial charge in [-0.05, 0) is 35.8 Å². The first kappa shape index (κ1) is 15.8. The van der Waals surface area contributed by atoms with Crippen molar-refractivity contribution >= 4 is 27.6 Å². The molecule has 5 nitrogen and oxygen atoms in total. The molecule has 1 heterocycles. The van der Waals surface area contributed by atoms with Crippen LogP contribution in [0.5, 0.6) is 0 Å². The number of anilines is 1. The van der Waals surface area contributed by atoms with Gasteiger partial charge in [0, 0.05) is 18.9 Å². The maximum absolute atomic E-state index is 13.2. The summed E-state index contributed by atoms with van der Waals surface area (Å²) in [4.78, 5) is 15.4. The van der Waals surface area contributed by atoms with Gasteiger partial charge in [0.1, 0.15) is 4.60 Å². The number of pyridine rings is 1. The number of nitrogens with zero attached hydrogens (tertiary/aromatic N) is 1. The van der Waals surface area contributed by atoms with Gasteiger partial charge < -0.3 is 14.8 Å². The first-order valence-electron chi connectivity index (χ1n) is 5.52. The summed E-state index contributed by atoms with van der Waals surface area (Å²) >= 11 is 3.09. The first-order chi connectivity index (χ1) is 8.80. The fraction of sp³-hybridized carbons (Fsp3) is 0.500. The molecule has 0 saturated carbocycles. The van der Waals surface area contributed by atoms with Crippen LogP contribution in [-0.2, 0) is 14.3 Å². The molecule has 0 aliphatic heterocycles. The third-order valence-electron chi connectivity index (χ3n) is 2.73. The molecule has 7 heteroatoms. The van der Waals surface area contributed by atoms with E-state index in [-0.39, 0.29) is 0 Å². The van der Waals surface area contributed by atoms with Crippen molar-refractivity contribution in [2.24, 2.45) is 0 Å². The van der Waals surface area contributed by atoms with E-state index in [0.717, 1.165) is 0 Å². The molecule has 1 atom stereocenters. The van der Waals surface area contributed by atoms with Gasteiger partial charge in [0.15, 0.2) is 6.04 Å². The summed E-state index contributed by atoms with van der Waals surface area (Å²) in [6.45, 7) is 3.46. The summed E-state index contributed by atoms with van der Waals surface area (Å²) in [5, 5.41) is 2.89. The van der Waals surface area contributed by atoms with Crippen molar-refractivity contribution in [3.05, 3.63) is 22.7 Å². The van der Waals surface area contributed by atoms with Gasteiger partial charge in [-0.3, -0.25) is 0 Å². The second kappa shape index (κ2) is 6.29. The van der Waals surface area contributed by atoms with E-state index in [1.165, 1.54) is 20.3 Å². The second-order valence-electron chi connectivity index (χ2n) is 4.41. The topological polar surface area (TPSA) is 60.5 Å². The molecule has 0 amide bonds. The average molecular weight is 335 g/mol. The molecule has 0 fully saturated rings. The minimum absolute atomic E-state index is 0.328. The summed E-state index contributed by atoms with van der Waals surface area (Å²) in [5.74, 6) is -1.16. The lowest BCUT2D eigenvalue weighted by Crippen LogP contribution is -2.49. The molecule has 1 aromatic rings. The lowest BCUT2D eigenvalue weighted by molar-refractivity contribution is -0.147. The minimum Gasteiger partial charge on any atom is -0.467 e. The number of ether oxygens (including phenoxy) is 2. The number of hydrogen-bond donors (Lipinski definition) is 1. The Kier molecular flexibility index (Phi) is 5.25. The number of hydrogen-bond acceptors (Lipinski definition) is 5. The standard InChI is InChI=1S/C12H16BrFN2O3/c1-12(2,19-4)10(11(17)18-3)15-7-5-8(13)16-9(14)6-7/h5-6,10H,1-4H3,(H,15,16). The van der Waals surface area contributed by atoms with Crippen LogP contribution in [0.15, 0.2) is 16.7 Å². The van der Waals surface area contributed by atoms with E-state index >= 15 is 0 Å². The molecule has 0 radical (unpaired) electrons. The molecule has 1 aromatic heterocycles. The van der Waals surface area contributed by atoms with Crippen LogP contribution in [0.2, 0.25) is 0 Å². The van der Waals surface area contributed by atoms with Gasteiger partial charge >= 0.3 is 5.97 Å². The number of methoxy groups -OCH3 is 2. The molecule has 19 heavy (non-hydrogen) atoms. The Morgan fingerprint density at radius 3 is 2.58 bits per heavy atom. The summed E-state index contributed by atoms with van der Waals surface area (Å²) in [5.41, 5.74) is -0.417. The van der Waals surface area contributed by atoms with Crippen LogP contribution in [0.3, 0.4) is 0 Å². The smallest absolute Gasteiger partial charge is 0.331 e. The molecule has 0 spiro atoms. The lowest BCUT2D eigenvalue weighted by Gasteiger charge is -2.32. The SMILES string of the molecule is COC(=O)C(Nc1cc(F)nc(Br)c1)C(C)(C)OC. The quantitative estimate of drug-likeness (QED) is 0.661. The highest BCUT2D eigenvalue weighted by Gasteiger charge is 2.36. The summed E-state index contributed by atoms with van der Waals surface area (Å²) < 4.78 is 23.5.